The van der Waals surface area contributed by atoms with Crippen LogP contribution >= 0.6 is 0 Å². The summed E-state index contributed by atoms with van der Waals surface area (Å²) in [6, 6.07) is 7.42. The molecule has 4 heteroatoms. The van der Waals surface area contributed by atoms with Crippen LogP contribution in [0, 0.1) is 0 Å². The van der Waals surface area contributed by atoms with Crippen LogP contribution in [0.3, 0.4) is 0 Å². The molecule has 0 aliphatic rings. The Kier molecular flexibility index (Phi) is 3.90. The number of hydrogen-bond acceptors (Lipinski definition) is 3. The van der Waals surface area contributed by atoms with Crippen molar-refractivity contribution in [3.63, 3.8) is 0 Å². The van der Waals surface area contributed by atoms with Gasteiger partial charge in [0.05, 0.1) is 19.0 Å². The maximum Gasteiger partial charge on any atom is 0.121 e. The van der Waals surface area contributed by atoms with Crippen LogP contribution in [0.1, 0.15) is 43.0 Å². The van der Waals surface area contributed by atoms with Crippen LogP contribution in [0.25, 0.3) is 0 Å². The number of aliphatic hydroxyl groups excluding tert-OH is 1. The predicted octanol–water partition coefficient (Wildman–Crippen LogP) is 2.63. The zero-order valence-corrected chi connectivity index (χ0v) is 11.8. The standard InChI is InChI=1S/C15H20N2O2/c1-10(2)15-16-9-13(17(15)3)14(18)11-5-7-12(19-4)8-6-11/h5-10,14,18H,1-4H3/t14-/m0/s1. The molecular formula is C15H20N2O2. The molecule has 1 aromatic heterocycles. The van der Waals surface area contributed by atoms with E-state index in [2.05, 4.69) is 18.8 Å². The molecule has 0 saturated heterocycles. The number of rotatable bonds is 4. The molecule has 1 N–H and O–H groups in total. The molecule has 0 amide bonds. The minimum Gasteiger partial charge on any atom is -0.497 e. The Balaban J connectivity index is 2.30. The first kappa shape index (κ1) is 13.6. The van der Waals surface area contributed by atoms with Gasteiger partial charge in [0.25, 0.3) is 0 Å². The molecular weight excluding hydrogens is 240 g/mol. The van der Waals surface area contributed by atoms with Crippen LogP contribution in [-0.2, 0) is 7.05 Å². The molecule has 0 unspecified atom stereocenters. The number of imidazole rings is 1. The van der Waals surface area contributed by atoms with Crippen LogP contribution in [0.5, 0.6) is 5.75 Å². The van der Waals surface area contributed by atoms with Crippen molar-refractivity contribution < 1.29 is 9.84 Å². The zero-order valence-electron chi connectivity index (χ0n) is 11.8. The van der Waals surface area contributed by atoms with Crippen molar-refractivity contribution >= 4 is 0 Å². The molecule has 1 atom stereocenters. The average Bonchev–Trinajstić information content (AvgIpc) is 2.80. The van der Waals surface area contributed by atoms with Crippen LogP contribution in [0.4, 0.5) is 0 Å². The van der Waals surface area contributed by atoms with Crippen molar-refractivity contribution in [1.82, 2.24) is 9.55 Å². The van der Waals surface area contributed by atoms with E-state index in [4.69, 9.17) is 4.74 Å². The first-order valence-corrected chi connectivity index (χ1v) is 6.38. The summed E-state index contributed by atoms with van der Waals surface area (Å²) < 4.78 is 7.07. The van der Waals surface area contributed by atoms with Gasteiger partial charge in [-0.15, -0.1) is 0 Å². The second-order valence-corrected chi connectivity index (χ2v) is 4.93. The van der Waals surface area contributed by atoms with Gasteiger partial charge in [0.15, 0.2) is 0 Å². The quantitative estimate of drug-likeness (QED) is 0.919. The second kappa shape index (κ2) is 5.45. The van der Waals surface area contributed by atoms with Gasteiger partial charge in [-0.25, -0.2) is 4.98 Å². The SMILES string of the molecule is COc1ccc([C@H](O)c2cnc(C(C)C)n2C)cc1. The Morgan fingerprint density at radius 1 is 1.21 bits per heavy atom. The summed E-state index contributed by atoms with van der Waals surface area (Å²) >= 11 is 0. The molecule has 0 spiro atoms. The smallest absolute Gasteiger partial charge is 0.121 e. The molecule has 1 heterocycles. The Morgan fingerprint density at radius 2 is 1.84 bits per heavy atom. The first-order valence-electron chi connectivity index (χ1n) is 6.38. The zero-order chi connectivity index (χ0) is 14.0. The van der Waals surface area contributed by atoms with Gasteiger partial charge < -0.3 is 14.4 Å². The summed E-state index contributed by atoms with van der Waals surface area (Å²) in [6.07, 6.45) is 1.07. The van der Waals surface area contributed by atoms with E-state index in [-0.39, 0.29) is 0 Å². The number of hydrogen-bond donors (Lipinski definition) is 1. The summed E-state index contributed by atoms with van der Waals surface area (Å²) in [5.74, 6) is 2.09. The Bertz CT molecular complexity index is 544. The molecule has 102 valence electrons. The van der Waals surface area contributed by atoms with E-state index in [1.165, 1.54) is 0 Å². The van der Waals surface area contributed by atoms with Crippen molar-refractivity contribution in [2.24, 2.45) is 7.05 Å². The summed E-state index contributed by atoms with van der Waals surface area (Å²) in [5.41, 5.74) is 1.63. The average molecular weight is 260 g/mol. The van der Waals surface area contributed by atoms with Gasteiger partial charge in [-0.3, -0.25) is 0 Å². The van der Waals surface area contributed by atoms with E-state index in [0.29, 0.717) is 5.92 Å². The summed E-state index contributed by atoms with van der Waals surface area (Å²) in [6.45, 7) is 4.18. The number of nitrogens with zero attached hydrogens (tertiary/aromatic N) is 2. The Morgan fingerprint density at radius 3 is 2.32 bits per heavy atom. The Labute approximate surface area is 113 Å². The molecule has 2 aromatic rings. The topological polar surface area (TPSA) is 47.3 Å². The maximum absolute atomic E-state index is 10.4. The molecule has 0 bridgehead atoms. The molecule has 1 aromatic carbocycles. The fraction of sp³-hybridized carbons (Fsp3) is 0.400. The highest BCUT2D eigenvalue weighted by molar-refractivity contribution is 5.32. The van der Waals surface area contributed by atoms with E-state index in [0.717, 1.165) is 22.8 Å². The number of ether oxygens (including phenoxy) is 1. The van der Waals surface area contributed by atoms with Crippen LogP contribution in [-0.4, -0.2) is 21.8 Å². The van der Waals surface area contributed by atoms with Crippen molar-refractivity contribution in [3.8, 4) is 5.75 Å². The highest BCUT2D eigenvalue weighted by atomic mass is 16.5. The van der Waals surface area contributed by atoms with Crippen LogP contribution in [0.15, 0.2) is 30.5 Å². The van der Waals surface area contributed by atoms with Gasteiger partial charge in [0.2, 0.25) is 0 Å². The lowest BCUT2D eigenvalue weighted by molar-refractivity contribution is 0.211. The minimum absolute atomic E-state index is 0.335. The van der Waals surface area contributed by atoms with E-state index >= 15 is 0 Å². The molecule has 4 nitrogen and oxygen atoms in total. The molecule has 0 aliphatic carbocycles. The van der Waals surface area contributed by atoms with E-state index in [9.17, 15) is 5.11 Å². The number of aromatic nitrogens is 2. The summed E-state index contributed by atoms with van der Waals surface area (Å²) in [7, 11) is 3.56. The normalized spacial score (nSPS) is 12.7. The van der Waals surface area contributed by atoms with Gasteiger partial charge in [0.1, 0.15) is 17.7 Å². The van der Waals surface area contributed by atoms with Crippen molar-refractivity contribution in [1.29, 1.82) is 0 Å². The van der Waals surface area contributed by atoms with Crippen molar-refractivity contribution in [3.05, 3.63) is 47.5 Å². The number of aliphatic hydroxyl groups is 1. The van der Waals surface area contributed by atoms with Crippen molar-refractivity contribution in [2.45, 2.75) is 25.9 Å². The van der Waals surface area contributed by atoms with E-state index in [1.54, 1.807) is 13.3 Å². The largest absolute Gasteiger partial charge is 0.497 e. The Hall–Kier alpha value is -1.81. The molecule has 0 fully saturated rings. The fourth-order valence-electron chi connectivity index (χ4n) is 2.19. The maximum atomic E-state index is 10.4. The highest BCUT2D eigenvalue weighted by Gasteiger charge is 2.17. The monoisotopic (exact) mass is 260 g/mol. The lowest BCUT2D eigenvalue weighted by atomic mass is 10.1. The van der Waals surface area contributed by atoms with Gasteiger partial charge in [0, 0.05) is 13.0 Å². The van der Waals surface area contributed by atoms with Crippen molar-refractivity contribution in [2.75, 3.05) is 7.11 Å². The van der Waals surface area contributed by atoms with Gasteiger partial charge in [-0.2, -0.15) is 0 Å². The van der Waals surface area contributed by atoms with Gasteiger partial charge in [-0.05, 0) is 17.7 Å². The predicted molar refractivity (Wildman–Crippen MR) is 74.4 cm³/mol. The molecule has 0 aliphatic heterocycles. The third-order valence-corrected chi connectivity index (χ3v) is 3.29. The summed E-state index contributed by atoms with van der Waals surface area (Å²) in [5, 5.41) is 10.4. The second-order valence-electron chi connectivity index (χ2n) is 4.93. The number of methoxy groups -OCH3 is 1. The lowest BCUT2D eigenvalue weighted by Crippen LogP contribution is -2.08. The van der Waals surface area contributed by atoms with E-state index in [1.807, 2.05) is 35.9 Å². The molecule has 0 radical (unpaired) electrons. The van der Waals surface area contributed by atoms with Gasteiger partial charge in [-0.1, -0.05) is 26.0 Å². The molecule has 0 saturated carbocycles. The lowest BCUT2D eigenvalue weighted by Gasteiger charge is -2.14. The summed E-state index contributed by atoms with van der Waals surface area (Å²) in [4.78, 5) is 4.37. The van der Waals surface area contributed by atoms with E-state index < -0.39 is 6.10 Å². The third kappa shape index (κ3) is 2.63. The first-order chi connectivity index (χ1) is 9.04. The third-order valence-electron chi connectivity index (χ3n) is 3.29. The van der Waals surface area contributed by atoms with Crippen LogP contribution < -0.4 is 4.74 Å². The minimum atomic E-state index is -0.670. The fourth-order valence-corrected chi connectivity index (χ4v) is 2.19. The molecule has 19 heavy (non-hydrogen) atoms. The highest BCUT2D eigenvalue weighted by Crippen LogP contribution is 2.25. The van der Waals surface area contributed by atoms with Gasteiger partial charge >= 0.3 is 0 Å². The van der Waals surface area contributed by atoms with Crippen LogP contribution in [0.2, 0.25) is 0 Å². The molecule has 2 rings (SSSR count). The number of benzene rings is 1.